The third kappa shape index (κ3) is 4.18. The molecule has 7 saturated carbocycles. The highest BCUT2D eigenvalue weighted by molar-refractivity contribution is 5.97. The van der Waals surface area contributed by atoms with Crippen LogP contribution in [0.3, 0.4) is 0 Å². The lowest BCUT2D eigenvalue weighted by Gasteiger charge is -2.46. The Morgan fingerprint density at radius 3 is 2.41 bits per heavy atom. The van der Waals surface area contributed by atoms with Gasteiger partial charge in [0.25, 0.3) is 0 Å². The van der Waals surface area contributed by atoms with Gasteiger partial charge < -0.3 is 14.2 Å². The molecule has 8 aliphatic rings. The van der Waals surface area contributed by atoms with E-state index in [9.17, 15) is 19.2 Å². The molecule has 1 saturated heterocycles. The highest BCUT2D eigenvalue weighted by Gasteiger charge is 2.70. The van der Waals surface area contributed by atoms with Crippen molar-refractivity contribution in [1.82, 2.24) is 0 Å². The normalized spacial score (nSPS) is 51.9. The summed E-state index contributed by atoms with van der Waals surface area (Å²) in [4.78, 5) is 53.5. The van der Waals surface area contributed by atoms with E-state index in [-0.39, 0.29) is 23.8 Å². The molecule has 7 nitrogen and oxygen atoms in total. The van der Waals surface area contributed by atoms with E-state index in [1.807, 2.05) is 27.7 Å². The first-order valence-corrected chi connectivity index (χ1v) is 18.0. The second-order valence-corrected chi connectivity index (χ2v) is 18.0. The van der Waals surface area contributed by atoms with Crippen molar-refractivity contribution in [2.45, 2.75) is 111 Å². The van der Waals surface area contributed by atoms with Crippen LogP contribution < -0.4 is 0 Å². The topological polar surface area (TPSA) is 96.0 Å². The zero-order chi connectivity index (χ0) is 31.0. The van der Waals surface area contributed by atoms with Gasteiger partial charge in [-0.15, -0.1) is 0 Å². The molecule has 0 N–H and O–H groups in total. The minimum atomic E-state index is -0.609. The molecule has 6 bridgehead atoms. The zero-order valence-electron chi connectivity index (χ0n) is 27.5. The molecule has 1 heterocycles. The molecule has 7 heteroatoms. The fraction of sp³-hybridized carbons (Fsp3) is 0.892. The molecule has 1 aliphatic heterocycles. The minimum Gasteiger partial charge on any atom is -0.460 e. The fourth-order valence-corrected chi connectivity index (χ4v) is 13.7. The lowest BCUT2D eigenvalue weighted by molar-refractivity contribution is -0.172. The molecule has 7 aliphatic carbocycles. The standard InChI is InChI=1S/C37H52O7/c1-16(32(38)44-37(6)15-19-13-27(37)21-9-7-8-20(19)21)10-26-31(35(41)42-33(26)39)28-17(2)22-14-25(28)30-23-11-18(29(22)30)12-24(23)34(40)43-36(3,4)5/h16-31H,7-15H2,1-6H3. The zero-order valence-corrected chi connectivity index (χ0v) is 27.5. The van der Waals surface area contributed by atoms with Crippen LogP contribution in [0.25, 0.3) is 0 Å². The molecule has 0 radical (unpaired) electrons. The summed E-state index contributed by atoms with van der Waals surface area (Å²) in [5.74, 6) is 2.88. The number of ether oxygens (including phenoxy) is 3. The number of fused-ring (bicyclic) bond motifs is 14. The van der Waals surface area contributed by atoms with E-state index in [0.717, 1.165) is 31.6 Å². The summed E-state index contributed by atoms with van der Waals surface area (Å²) < 4.78 is 17.6. The van der Waals surface area contributed by atoms with Gasteiger partial charge in [0.05, 0.1) is 23.7 Å². The largest absolute Gasteiger partial charge is 0.460 e. The molecule has 44 heavy (non-hydrogen) atoms. The molecule has 0 aromatic rings. The van der Waals surface area contributed by atoms with Crippen molar-refractivity contribution in [3.8, 4) is 0 Å². The van der Waals surface area contributed by atoms with Gasteiger partial charge in [-0.05, 0) is 144 Å². The summed E-state index contributed by atoms with van der Waals surface area (Å²) in [5, 5.41) is 0. The maximum absolute atomic E-state index is 13.6. The predicted molar refractivity (Wildman–Crippen MR) is 160 cm³/mol. The van der Waals surface area contributed by atoms with Crippen LogP contribution in [0.2, 0.25) is 0 Å². The van der Waals surface area contributed by atoms with Crippen molar-refractivity contribution in [1.29, 1.82) is 0 Å². The van der Waals surface area contributed by atoms with Crippen molar-refractivity contribution in [2.75, 3.05) is 0 Å². The Balaban J connectivity index is 0.975. The molecule has 0 amide bonds. The highest BCUT2D eigenvalue weighted by Crippen LogP contribution is 2.73. The van der Waals surface area contributed by atoms with Crippen LogP contribution >= 0.6 is 0 Å². The summed E-state index contributed by atoms with van der Waals surface area (Å²) in [6.07, 6.45) is 9.40. The van der Waals surface area contributed by atoms with Gasteiger partial charge in [-0.3, -0.25) is 19.2 Å². The summed E-state index contributed by atoms with van der Waals surface area (Å²) in [7, 11) is 0. The molecule has 242 valence electrons. The third-order valence-corrected chi connectivity index (χ3v) is 14.9. The Labute approximate surface area is 262 Å². The van der Waals surface area contributed by atoms with Gasteiger partial charge in [-0.1, -0.05) is 20.3 Å². The Morgan fingerprint density at radius 1 is 0.909 bits per heavy atom. The average molecular weight is 609 g/mol. The van der Waals surface area contributed by atoms with Crippen LogP contribution in [-0.2, 0) is 33.4 Å². The van der Waals surface area contributed by atoms with Crippen LogP contribution in [0.1, 0.15) is 99.3 Å². The molecule has 8 rings (SSSR count). The van der Waals surface area contributed by atoms with Crippen LogP contribution in [0.5, 0.6) is 0 Å². The number of esters is 4. The summed E-state index contributed by atoms with van der Waals surface area (Å²) >= 11 is 0. The van der Waals surface area contributed by atoms with Gasteiger partial charge in [-0.25, -0.2) is 0 Å². The average Bonchev–Trinajstić information content (AvgIpc) is 3.76. The van der Waals surface area contributed by atoms with E-state index < -0.39 is 40.9 Å². The molecule has 0 spiro atoms. The quantitative estimate of drug-likeness (QED) is 0.153. The first kappa shape index (κ1) is 29.5. The van der Waals surface area contributed by atoms with E-state index in [0.29, 0.717) is 65.6 Å². The highest BCUT2D eigenvalue weighted by atomic mass is 16.6. The predicted octanol–water partition coefficient (Wildman–Crippen LogP) is 6.22. The third-order valence-electron chi connectivity index (χ3n) is 14.9. The molecular formula is C37H52O7. The molecule has 17 atom stereocenters. The smallest absolute Gasteiger partial charge is 0.317 e. The molecule has 0 aromatic heterocycles. The maximum Gasteiger partial charge on any atom is 0.317 e. The van der Waals surface area contributed by atoms with Crippen molar-refractivity contribution in [3.05, 3.63) is 0 Å². The first-order valence-electron chi connectivity index (χ1n) is 18.0. The van der Waals surface area contributed by atoms with Crippen LogP contribution in [0.4, 0.5) is 0 Å². The SMILES string of the molecule is CC(CC1C(=O)OC(=O)C1C1C(C)C2CC1C1C3CC(CC3C(=O)OC(C)(C)C)C21)C(=O)OC1(C)CC2CC1C1CCCC21. The van der Waals surface area contributed by atoms with Crippen LogP contribution in [-0.4, -0.2) is 35.1 Å². The lowest BCUT2D eigenvalue weighted by Crippen LogP contribution is -2.46. The van der Waals surface area contributed by atoms with Gasteiger partial charge in [-0.2, -0.15) is 0 Å². The van der Waals surface area contributed by atoms with Gasteiger partial charge in [0.15, 0.2) is 0 Å². The number of rotatable bonds is 6. The minimum absolute atomic E-state index is 0.0504. The van der Waals surface area contributed by atoms with Crippen molar-refractivity contribution >= 4 is 23.9 Å². The number of carbonyl (C=O) groups excluding carboxylic acids is 4. The van der Waals surface area contributed by atoms with Crippen molar-refractivity contribution in [2.24, 2.45) is 94.7 Å². The number of carbonyl (C=O) groups is 4. The second-order valence-electron chi connectivity index (χ2n) is 18.0. The number of hydrogen-bond donors (Lipinski definition) is 0. The fourth-order valence-electron chi connectivity index (χ4n) is 13.7. The maximum atomic E-state index is 13.6. The van der Waals surface area contributed by atoms with E-state index in [1.165, 1.54) is 25.7 Å². The monoisotopic (exact) mass is 608 g/mol. The molecule has 0 aromatic carbocycles. The number of cyclic esters (lactones) is 2. The van der Waals surface area contributed by atoms with E-state index in [4.69, 9.17) is 14.2 Å². The first-order chi connectivity index (χ1) is 20.8. The lowest BCUT2D eigenvalue weighted by atomic mass is 9.58. The van der Waals surface area contributed by atoms with E-state index in [2.05, 4.69) is 13.8 Å². The molecule has 17 unspecified atom stereocenters. The molecular weight excluding hydrogens is 556 g/mol. The summed E-state index contributed by atoms with van der Waals surface area (Å²) in [5.41, 5.74) is -0.912. The van der Waals surface area contributed by atoms with Crippen LogP contribution in [0.15, 0.2) is 0 Å². The Kier molecular flexibility index (Phi) is 6.56. The summed E-state index contributed by atoms with van der Waals surface area (Å²) in [6.45, 7) is 12.1. The second kappa shape index (κ2) is 9.80. The Hall–Kier alpha value is -1.92. The van der Waals surface area contributed by atoms with Crippen LogP contribution in [0, 0.1) is 94.7 Å². The van der Waals surface area contributed by atoms with Gasteiger partial charge in [0.2, 0.25) is 0 Å². The Morgan fingerprint density at radius 2 is 1.66 bits per heavy atom. The summed E-state index contributed by atoms with van der Waals surface area (Å²) in [6, 6.07) is 0. The van der Waals surface area contributed by atoms with E-state index >= 15 is 0 Å². The van der Waals surface area contributed by atoms with Gasteiger partial charge >= 0.3 is 23.9 Å². The van der Waals surface area contributed by atoms with Gasteiger partial charge in [0.1, 0.15) is 11.2 Å². The van der Waals surface area contributed by atoms with E-state index in [1.54, 1.807) is 0 Å². The Bertz CT molecular complexity index is 1270. The van der Waals surface area contributed by atoms with Crippen molar-refractivity contribution < 1.29 is 33.4 Å². The molecule has 8 fully saturated rings. The number of hydrogen-bond acceptors (Lipinski definition) is 7. The van der Waals surface area contributed by atoms with Crippen molar-refractivity contribution in [3.63, 3.8) is 0 Å². The van der Waals surface area contributed by atoms with Gasteiger partial charge in [0, 0.05) is 5.92 Å².